The molecule has 1 amide bonds. The summed E-state index contributed by atoms with van der Waals surface area (Å²) in [6, 6.07) is 16.0. The molecule has 0 N–H and O–H groups in total. The number of aromatic nitrogens is 3. The van der Waals surface area contributed by atoms with Gasteiger partial charge in [-0.1, -0.05) is 47.2 Å². The summed E-state index contributed by atoms with van der Waals surface area (Å²) in [6.07, 6.45) is 1.67. The van der Waals surface area contributed by atoms with Crippen molar-refractivity contribution in [1.82, 2.24) is 19.9 Å². The highest BCUT2D eigenvalue weighted by atomic mass is 16.2. The molecule has 0 radical (unpaired) electrons. The van der Waals surface area contributed by atoms with Crippen molar-refractivity contribution in [2.75, 3.05) is 7.05 Å². The van der Waals surface area contributed by atoms with Crippen LogP contribution < -0.4 is 0 Å². The van der Waals surface area contributed by atoms with E-state index >= 15 is 0 Å². The van der Waals surface area contributed by atoms with Gasteiger partial charge in [0.15, 0.2) is 5.69 Å². The molecule has 0 saturated heterocycles. The normalized spacial score (nSPS) is 10.6. The second-order valence-electron chi connectivity index (χ2n) is 5.97. The average molecular weight is 320 g/mol. The fourth-order valence-corrected chi connectivity index (χ4v) is 2.50. The first-order valence-corrected chi connectivity index (χ1v) is 7.84. The molecule has 3 aromatic rings. The lowest BCUT2D eigenvalue weighted by molar-refractivity contribution is 0.0779. The van der Waals surface area contributed by atoms with Crippen LogP contribution in [0.1, 0.15) is 27.2 Å². The maximum absolute atomic E-state index is 12.6. The molecule has 5 nitrogen and oxygen atoms in total. The Bertz CT molecular complexity index is 852. The van der Waals surface area contributed by atoms with E-state index in [9.17, 15) is 4.79 Å². The number of benzene rings is 2. The van der Waals surface area contributed by atoms with Crippen molar-refractivity contribution in [1.29, 1.82) is 0 Å². The molecular formula is C19H20N4O. The standard InChI is InChI=1S/C19H20N4O/c1-14-8-10-17(11-9-14)23-13-18(20-21-23)19(24)22(3)12-16-7-5-4-6-15(16)2/h4-11,13H,12H2,1-3H3. The molecule has 122 valence electrons. The van der Waals surface area contributed by atoms with Gasteiger partial charge >= 0.3 is 0 Å². The Hall–Kier alpha value is -2.95. The van der Waals surface area contributed by atoms with Crippen LogP contribution in [0.2, 0.25) is 0 Å². The zero-order valence-corrected chi connectivity index (χ0v) is 14.1. The zero-order valence-electron chi connectivity index (χ0n) is 14.1. The van der Waals surface area contributed by atoms with Gasteiger partial charge in [-0.15, -0.1) is 5.10 Å². The highest BCUT2D eigenvalue weighted by Gasteiger charge is 2.17. The van der Waals surface area contributed by atoms with Crippen molar-refractivity contribution in [2.45, 2.75) is 20.4 Å². The molecule has 0 atom stereocenters. The molecule has 0 unspecified atom stereocenters. The predicted octanol–water partition coefficient (Wildman–Crippen LogP) is 3.16. The van der Waals surface area contributed by atoms with E-state index < -0.39 is 0 Å². The number of carbonyl (C=O) groups excluding carboxylic acids is 1. The first-order chi connectivity index (χ1) is 11.5. The van der Waals surface area contributed by atoms with Gasteiger partial charge in [0.1, 0.15) is 0 Å². The molecule has 5 heteroatoms. The van der Waals surface area contributed by atoms with Gasteiger partial charge in [-0.25, -0.2) is 4.68 Å². The number of aryl methyl sites for hydroxylation is 2. The molecule has 0 fully saturated rings. The summed E-state index contributed by atoms with van der Waals surface area (Å²) in [6.45, 7) is 4.62. The predicted molar refractivity (Wildman–Crippen MR) is 93.1 cm³/mol. The molecule has 0 aliphatic rings. The van der Waals surface area contributed by atoms with E-state index in [0.29, 0.717) is 12.2 Å². The van der Waals surface area contributed by atoms with Crippen molar-refractivity contribution in [3.63, 3.8) is 0 Å². The third kappa shape index (κ3) is 3.35. The fourth-order valence-electron chi connectivity index (χ4n) is 2.50. The van der Waals surface area contributed by atoms with Crippen molar-refractivity contribution in [3.8, 4) is 5.69 Å². The zero-order chi connectivity index (χ0) is 17.1. The maximum atomic E-state index is 12.6. The van der Waals surface area contributed by atoms with Crippen LogP contribution in [0, 0.1) is 13.8 Å². The van der Waals surface area contributed by atoms with Gasteiger partial charge in [-0.2, -0.15) is 0 Å². The topological polar surface area (TPSA) is 51.0 Å². The van der Waals surface area contributed by atoms with E-state index in [-0.39, 0.29) is 5.91 Å². The quantitative estimate of drug-likeness (QED) is 0.742. The van der Waals surface area contributed by atoms with Gasteiger partial charge in [0.2, 0.25) is 0 Å². The fraction of sp³-hybridized carbons (Fsp3) is 0.211. The number of amides is 1. The maximum Gasteiger partial charge on any atom is 0.276 e. The Morgan fingerprint density at radius 2 is 1.79 bits per heavy atom. The van der Waals surface area contributed by atoms with Gasteiger partial charge < -0.3 is 4.90 Å². The molecule has 0 spiro atoms. The molecule has 2 aromatic carbocycles. The number of carbonyl (C=O) groups is 1. The molecule has 24 heavy (non-hydrogen) atoms. The molecule has 1 aromatic heterocycles. The third-order valence-corrected chi connectivity index (χ3v) is 4.03. The van der Waals surface area contributed by atoms with Crippen LogP contribution in [0.3, 0.4) is 0 Å². The molecule has 0 bridgehead atoms. The largest absolute Gasteiger partial charge is 0.336 e. The minimum absolute atomic E-state index is 0.142. The second kappa shape index (κ2) is 6.66. The van der Waals surface area contributed by atoms with Crippen LogP contribution in [0.4, 0.5) is 0 Å². The number of hydrogen-bond acceptors (Lipinski definition) is 3. The van der Waals surface area contributed by atoms with Crippen LogP contribution in [-0.4, -0.2) is 32.8 Å². The van der Waals surface area contributed by atoms with Crippen molar-refractivity contribution in [2.24, 2.45) is 0 Å². The lowest BCUT2D eigenvalue weighted by atomic mass is 10.1. The molecular weight excluding hydrogens is 300 g/mol. The van der Waals surface area contributed by atoms with Crippen LogP contribution in [0.15, 0.2) is 54.7 Å². The molecule has 0 saturated carbocycles. The van der Waals surface area contributed by atoms with Crippen molar-refractivity contribution < 1.29 is 4.79 Å². The highest BCUT2D eigenvalue weighted by Crippen LogP contribution is 2.13. The van der Waals surface area contributed by atoms with Crippen molar-refractivity contribution >= 4 is 5.91 Å². The number of nitrogens with zero attached hydrogens (tertiary/aromatic N) is 4. The Morgan fingerprint density at radius 3 is 2.50 bits per heavy atom. The van der Waals surface area contributed by atoms with Gasteiger partial charge in [0.25, 0.3) is 5.91 Å². The minimum atomic E-state index is -0.142. The van der Waals surface area contributed by atoms with Gasteiger partial charge in [0, 0.05) is 13.6 Å². The van der Waals surface area contributed by atoms with Gasteiger partial charge in [0.05, 0.1) is 11.9 Å². The monoisotopic (exact) mass is 320 g/mol. The Balaban J connectivity index is 1.75. The van der Waals surface area contributed by atoms with Gasteiger partial charge in [-0.05, 0) is 37.1 Å². The van der Waals surface area contributed by atoms with E-state index in [1.165, 1.54) is 11.1 Å². The van der Waals surface area contributed by atoms with E-state index in [4.69, 9.17) is 0 Å². The van der Waals surface area contributed by atoms with Crippen LogP contribution in [0.5, 0.6) is 0 Å². The lowest BCUT2D eigenvalue weighted by Crippen LogP contribution is -2.26. The van der Waals surface area contributed by atoms with Crippen LogP contribution in [-0.2, 0) is 6.54 Å². The summed E-state index contributed by atoms with van der Waals surface area (Å²) < 4.78 is 1.62. The Labute approximate surface area is 141 Å². The first kappa shape index (κ1) is 15.9. The van der Waals surface area contributed by atoms with E-state index in [2.05, 4.69) is 10.3 Å². The molecule has 1 heterocycles. The molecule has 0 aliphatic heterocycles. The van der Waals surface area contributed by atoms with E-state index in [1.807, 2.05) is 62.4 Å². The highest BCUT2D eigenvalue weighted by molar-refractivity contribution is 5.91. The summed E-state index contributed by atoms with van der Waals surface area (Å²) in [4.78, 5) is 14.2. The molecule has 3 rings (SSSR count). The number of hydrogen-bond donors (Lipinski definition) is 0. The first-order valence-electron chi connectivity index (χ1n) is 7.84. The van der Waals surface area contributed by atoms with Gasteiger partial charge in [-0.3, -0.25) is 4.79 Å². The summed E-state index contributed by atoms with van der Waals surface area (Å²) >= 11 is 0. The minimum Gasteiger partial charge on any atom is -0.336 e. The smallest absolute Gasteiger partial charge is 0.276 e. The lowest BCUT2D eigenvalue weighted by Gasteiger charge is -2.17. The number of rotatable bonds is 4. The Kier molecular flexibility index (Phi) is 4.42. The average Bonchev–Trinajstić information content (AvgIpc) is 3.07. The third-order valence-electron chi connectivity index (χ3n) is 4.03. The SMILES string of the molecule is Cc1ccc(-n2cc(C(=O)N(C)Cc3ccccc3C)nn2)cc1. The summed E-state index contributed by atoms with van der Waals surface area (Å²) in [7, 11) is 1.78. The van der Waals surface area contributed by atoms with E-state index in [0.717, 1.165) is 11.3 Å². The second-order valence-corrected chi connectivity index (χ2v) is 5.97. The molecule has 0 aliphatic carbocycles. The van der Waals surface area contributed by atoms with E-state index in [1.54, 1.807) is 22.8 Å². The van der Waals surface area contributed by atoms with Crippen molar-refractivity contribution in [3.05, 3.63) is 77.1 Å². The van der Waals surface area contributed by atoms with Crippen LogP contribution >= 0.6 is 0 Å². The van der Waals surface area contributed by atoms with Crippen LogP contribution in [0.25, 0.3) is 5.69 Å². The Morgan fingerprint density at radius 1 is 1.08 bits per heavy atom. The summed E-state index contributed by atoms with van der Waals surface area (Å²) in [5, 5.41) is 8.09. The summed E-state index contributed by atoms with van der Waals surface area (Å²) in [5.41, 5.74) is 4.69. The summed E-state index contributed by atoms with van der Waals surface area (Å²) in [5.74, 6) is -0.142.